The number of sulfonamides is 1. The van der Waals surface area contributed by atoms with Crippen LogP contribution in [-0.4, -0.2) is 70.6 Å². The van der Waals surface area contributed by atoms with Gasteiger partial charge < -0.3 is 15.2 Å². The van der Waals surface area contributed by atoms with Crippen molar-refractivity contribution in [2.24, 2.45) is 5.92 Å². The predicted octanol–water partition coefficient (Wildman–Crippen LogP) is 1.59. The van der Waals surface area contributed by atoms with Crippen molar-refractivity contribution in [2.75, 3.05) is 24.2 Å². The first-order valence-electron chi connectivity index (χ1n) is 10.7. The quantitative estimate of drug-likeness (QED) is 0.637. The summed E-state index contributed by atoms with van der Waals surface area (Å²) in [4.78, 5) is 8.32. The molecule has 4 rings (SSSR count). The van der Waals surface area contributed by atoms with Crippen LogP contribution in [0.25, 0.3) is 0 Å². The van der Waals surface area contributed by atoms with Crippen LogP contribution in [0.5, 0.6) is 5.88 Å². The fraction of sp³-hybridized carbons (Fsp3) is 0.750. The number of nitriles is 1. The summed E-state index contributed by atoms with van der Waals surface area (Å²) in [5.41, 5.74) is -0.875. The summed E-state index contributed by atoms with van der Waals surface area (Å²) in [6.07, 6.45) is 3.57. The van der Waals surface area contributed by atoms with Crippen LogP contribution in [0.1, 0.15) is 51.0 Å². The second-order valence-electron chi connectivity index (χ2n) is 9.02. The molecule has 1 aliphatic heterocycles. The topological polar surface area (TPSA) is 128 Å². The van der Waals surface area contributed by atoms with Crippen molar-refractivity contribution < 1.29 is 22.7 Å². The molecular weight excluding hydrogens is 425 g/mol. The highest BCUT2D eigenvalue weighted by Crippen LogP contribution is 2.34. The van der Waals surface area contributed by atoms with Crippen LogP contribution in [0.4, 0.5) is 10.3 Å². The third-order valence-electron chi connectivity index (χ3n) is 6.33. The highest BCUT2D eigenvalue weighted by atomic mass is 32.2. The second kappa shape index (κ2) is 8.48. The maximum atomic E-state index is 14.8. The van der Waals surface area contributed by atoms with Gasteiger partial charge in [0.2, 0.25) is 21.9 Å². The molecule has 2 N–H and O–H groups in total. The first-order valence-corrected chi connectivity index (χ1v) is 12.3. The van der Waals surface area contributed by atoms with Gasteiger partial charge in [0, 0.05) is 13.1 Å². The SMILES string of the molecule is CC1(O)CCCC1Oc1nc(NC2CCN(S(=O)(=O)CC3CC3)CC2F)ncc1C#N. The summed E-state index contributed by atoms with van der Waals surface area (Å²) in [5.74, 6) is 0.466. The Balaban J connectivity index is 1.42. The average Bonchev–Trinajstić information content (AvgIpc) is 3.45. The molecule has 4 unspecified atom stereocenters. The molecule has 1 aromatic rings. The van der Waals surface area contributed by atoms with Crippen LogP contribution < -0.4 is 10.1 Å². The van der Waals surface area contributed by atoms with Gasteiger partial charge in [-0.05, 0) is 51.4 Å². The summed E-state index contributed by atoms with van der Waals surface area (Å²) < 4.78 is 46.7. The van der Waals surface area contributed by atoms with Crippen LogP contribution in [0.2, 0.25) is 0 Å². The van der Waals surface area contributed by atoms with E-state index in [-0.39, 0.29) is 48.6 Å². The van der Waals surface area contributed by atoms with Crippen molar-refractivity contribution in [3.8, 4) is 11.9 Å². The number of nitrogens with zero attached hydrogens (tertiary/aromatic N) is 4. The lowest BCUT2D eigenvalue weighted by atomic mass is 10.0. The van der Waals surface area contributed by atoms with Crippen molar-refractivity contribution >= 4 is 16.0 Å². The zero-order chi connectivity index (χ0) is 22.2. The molecule has 2 saturated carbocycles. The molecule has 3 aliphatic rings. The predicted molar refractivity (Wildman–Crippen MR) is 111 cm³/mol. The number of anilines is 1. The number of piperidine rings is 1. The summed E-state index contributed by atoms with van der Waals surface area (Å²) in [7, 11) is -3.43. The van der Waals surface area contributed by atoms with E-state index < -0.39 is 33.9 Å². The molecule has 9 nitrogen and oxygen atoms in total. The molecule has 31 heavy (non-hydrogen) atoms. The minimum atomic E-state index is -3.43. The Bertz CT molecular complexity index is 963. The minimum Gasteiger partial charge on any atom is -0.470 e. The average molecular weight is 454 g/mol. The molecule has 11 heteroatoms. The lowest BCUT2D eigenvalue weighted by molar-refractivity contribution is -0.0271. The number of hydrogen-bond acceptors (Lipinski definition) is 8. The third kappa shape index (κ3) is 5.07. The molecule has 0 radical (unpaired) electrons. The van der Waals surface area contributed by atoms with E-state index in [1.165, 1.54) is 10.5 Å². The molecular formula is C20H28FN5O4S. The molecule has 2 heterocycles. The zero-order valence-electron chi connectivity index (χ0n) is 17.5. The number of ether oxygens (including phenoxy) is 1. The van der Waals surface area contributed by atoms with Gasteiger partial charge in [-0.15, -0.1) is 0 Å². The van der Waals surface area contributed by atoms with Crippen molar-refractivity contribution in [1.82, 2.24) is 14.3 Å². The zero-order valence-corrected chi connectivity index (χ0v) is 18.3. The molecule has 1 saturated heterocycles. The molecule has 170 valence electrons. The van der Waals surface area contributed by atoms with E-state index >= 15 is 0 Å². The van der Waals surface area contributed by atoms with E-state index in [1.54, 1.807) is 6.92 Å². The molecule has 4 atom stereocenters. The Morgan fingerprint density at radius 2 is 2.19 bits per heavy atom. The fourth-order valence-corrected chi connectivity index (χ4v) is 6.08. The maximum Gasteiger partial charge on any atom is 0.236 e. The molecule has 2 aliphatic carbocycles. The van der Waals surface area contributed by atoms with Crippen molar-refractivity contribution in [1.29, 1.82) is 5.26 Å². The van der Waals surface area contributed by atoms with Crippen LogP contribution in [-0.2, 0) is 10.0 Å². The van der Waals surface area contributed by atoms with Crippen molar-refractivity contribution in [2.45, 2.75) is 69.4 Å². The number of aromatic nitrogens is 2. The second-order valence-corrected chi connectivity index (χ2v) is 11.0. The highest BCUT2D eigenvalue weighted by molar-refractivity contribution is 7.89. The standard InChI is InChI=1S/C20H28FN5O4S/c1-20(27)7-2-3-17(20)30-18-14(9-22)10-23-19(25-18)24-16-6-8-26(11-15(16)21)31(28,29)12-13-4-5-13/h10,13,15-17,27H,2-8,11-12H2,1H3,(H,23,24,25). The largest absolute Gasteiger partial charge is 0.470 e. The normalized spacial score (nSPS) is 31.9. The number of hydrogen-bond donors (Lipinski definition) is 2. The van der Waals surface area contributed by atoms with Gasteiger partial charge >= 0.3 is 0 Å². The number of halogens is 1. The highest BCUT2D eigenvalue weighted by Gasteiger charge is 2.40. The van der Waals surface area contributed by atoms with Gasteiger partial charge in [-0.25, -0.2) is 17.8 Å². The molecule has 0 amide bonds. The smallest absolute Gasteiger partial charge is 0.236 e. The van der Waals surface area contributed by atoms with Gasteiger partial charge in [0.05, 0.1) is 23.6 Å². The Kier molecular flexibility index (Phi) is 6.07. The summed E-state index contributed by atoms with van der Waals surface area (Å²) in [6, 6.07) is 1.32. The fourth-order valence-electron chi connectivity index (χ4n) is 4.19. The van der Waals surface area contributed by atoms with E-state index in [1.807, 2.05) is 6.07 Å². The first kappa shape index (κ1) is 22.2. The Morgan fingerprint density at radius 3 is 2.81 bits per heavy atom. The van der Waals surface area contributed by atoms with E-state index in [4.69, 9.17) is 4.74 Å². The molecule has 0 bridgehead atoms. The number of aliphatic hydroxyl groups is 1. The van der Waals surface area contributed by atoms with Crippen LogP contribution in [0.15, 0.2) is 6.20 Å². The Labute approximate surface area is 181 Å². The van der Waals surface area contributed by atoms with E-state index in [0.717, 1.165) is 19.3 Å². The Hall–Kier alpha value is -2.03. The molecule has 1 aromatic heterocycles. The lowest BCUT2D eigenvalue weighted by Gasteiger charge is -2.34. The number of rotatable bonds is 7. The first-order chi connectivity index (χ1) is 14.7. The maximum absolute atomic E-state index is 14.8. The Morgan fingerprint density at radius 1 is 1.42 bits per heavy atom. The molecule has 0 spiro atoms. The molecule has 3 fully saturated rings. The van der Waals surface area contributed by atoms with Crippen molar-refractivity contribution in [3.05, 3.63) is 11.8 Å². The third-order valence-corrected chi connectivity index (χ3v) is 8.34. The lowest BCUT2D eigenvalue weighted by Crippen LogP contribution is -2.50. The number of nitrogens with one attached hydrogen (secondary N) is 1. The number of alkyl halides is 1. The summed E-state index contributed by atoms with van der Waals surface area (Å²) >= 11 is 0. The van der Waals surface area contributed by atoms with E-state index in [9.17, 15) is 23.2 Å². The minimum absolute atomic E-state index is 0.0482. The van der Waals surface area contributed by atoms with Gasteiger partial charge in [0.1, 0.15) is 23.9 Å². The monoisotopic (exact) mass is 453 g/mol. The van der Waals surface area contributed by atoms with Gasteiger partial charge in [-0.3, -0.25) is 0 Å². The van der Waals surface area contributed by atoms with Crippen LogP contribution in [0.3, 0.4) is 0 Å². The van der Waals surface area contributed by atoms with Crippen LogP contribution >= 0.6 is 0 Å². The summed E-state index contributed by atoms with van der Waals surface area (Å²) in [5, 5.41) is 22.7. The van der Waals surface area contributed by atoms with Crippen molar-refractivity contribution in [3.63, 3.8) is 0 Å². The van der Waals surface area contributed by atoms with Crippen LogP contribution in [0, 0.1) is 17.2 Å². The van der Waals surface area contributed by atoms with Gasteiger partial charge in [-0.1, -0.05) is 0 Å². The summed E-state index contributed by atoms with van der Waals surface area (Å²) in [6.45, 7) is 1.73. The van der Waals surface area contributed by atoms with E-state index in [2.05, 4.69) is 15.3 Å². The van der Waals surface area contributed by atoms with E-state index in [0.29, 0.717) is 12.8 Å². The van der Waals surface area contributed by atoms with Gasteiger partial charge in [-0.2, -0.15) is 14.6 Å². The molecule has 0 aromatic carbocycles. The van der Waals surface area contributed by atoms with Gasteiger partial charge in [0.15, 0.2) is 0 Å². The van der Waals surface area contributed by atoms with Gasteiger partial charge in [0.25, 0.3) is 0 Å².